The zero-order chi connectivity index (χ0) is 20.4. The van der Waals surface area contributed by atoms with E-state index in [1.54, 1.807) is 19.1 Å². The van der Waals surface area contributed by atoms with Crippen LogP contribution in [0, 0.1) is 11.6 Å². The number of hydrogen-bond donors (Lipinski definition) is 2. The highest BCUT2D eigenvalue weighted by molar-refractivity contribution is 5.92. The highest BCUT2D eigenvalue weighted by atomic mass is 19.2. The molecular weight excluding hydrogens is 378 g/mol. The second-order valence-corrected chi connectivity index (χ2v) is 7.66. The summed E-state index contributed by atoms with van der Waals surface area (Å²) in [5.41, 5.74) is 1.19. The molecule has 2 aliphatic rings. The first-order chi connectivity index (χ1) is 13.9. The Balaban J connectivity index is 1.32. The van der Waals surface area contributed by atoms with E-state index in [-0.39, 0.29) is 18.5 Å². The summed E-state index contributed by atoms with van der Waals surface area (Å²) in [6, 6.07) is 8.76. The summed E-state index contributed by atoms with van der Waals surface area (Å²) < 4.78 is 38.5. The molecule has 1 aliphatic heterocycles. The zero-order valence-corrected chi connectivity index (χ0v) is 16.3. The van der Waals surface area contributed by atoms with E-state index in [1.165, 1.54) is 12.5 Å². The number of benzene rings is 2. The molecular formula is C22H24F2N2O3. The second kappa shape index (κ2) is 7.99. The van der Waals surface area contributed by atoms with Gasteiger partial charge in [0.2, 0.25) is 5.91 Å². The predicted octanol–water partition coefficient (Wildman–Crippen LogP) is 4.69. The maximum atomic E-state index is 13.4. The van der Waals surface area contributed by atoms with Crippen molar-refractivity contribution in [2.75, 3.05) is 11.9 Å². The van der Waals surface area contributed by atoms with E-state index >= 15 is 0 Å². The maximum absolute atomic E-state index is 13.4. The molecule has 0 unspecified atom stereocenters. The van der Waals surface area contributed by atoms with E-state index in [2.05, 4.69) is 10.6 Å². The van der Waals surface area contributed by atoms with Gasteiger partial charge in [0, 0.05) is 30.6 Å². The fourth-order valence-corrected chi connectivity index (χ4v) is 3.82. The van der Waals surface area contributed by atoms with Crippen LogP contribution in [0.2, 0.25) is 0 Å². The van der Waals surface area contributed by atoms with Crippen LogP contribution in [0.4, 0.5) is 14.5 Å². The van der Waals surface area contributed by atoms with E-state index in [9.17, 15) is 13.6 Å². The number of amides is 1. The van der Waals surface area contributed by atoms with Gasteiger partial charge in [-0.05, 0) is 49.6 Å². The Hall–Kier alpha value is -2.67. The van der Waals surface area contributed by atoms with Gasteiger partial charge in [-0.3, -0.25) is 4.79 Å². The molecule has 0 bridgehead atoms. The summed E-state index contributed by atoms with van der Waals surface area (Å²) in [4.78, 5) is 12.3. The fraction of sp³-hybridized carbons (Fsp3) is 0.409. The monoisotopic (exact) mass is 402 g/mol. The highest BCUT2D eigenvalue weighted by Crippen LogP contribution is 2.46. The lowest BCUT2D eigenvalue weighted by Gasteiger charge is -2.31. The van der Waals surface area contributed by atoms with Crippen molar-refractivity contribution in [3.8, 4) is 11.5 Å². The van der Waals surface area contributed by atoms with Crippen LogP contribution in [-0.4, -0.2) is 18.2 Å². The standard InChI is InChI=1S/C22H24F2N2O3/c1-14(15-5-7-17(23)18(24)11-15)25-13-21(27)26-16-6-8-19-20(12-16)29-22(28-19)9-3-2-4-10-22/h5-8,11-12,14,25H,2-4,9-10,13H2,1H3,(H,26,27)/t14-/m0/s1. The number of rotatable bonds is 5. The molecule has 2 aromatic carbocycles. The third-order valence-corrected chi connectivity index (χ3v) is 5.45. The second-order valence-electron chi connectivity index (χ2n) is 7.66. The van der Waals surface area contributed by atoms with Gasteiger partial charge in [-0.2, -0.15) is 0 Å². The lowest BCUT2D eigenvalue weighted by Crippen LogP contribution is -2.40. The maximum Gasteiger partial charge on any atom is 0.251 e. The number of anilines is 1. The molecule has 2 N–H and O–H groups in total. The van der Waals surface area contributed by atoms with Crippen LogP contribution >= 0.6 is 0 Å². The first kappa shape index (κ1) is 19.6. The molecule has 0 aromatic heterocycles. The van der Waals surface area contributed by atoms with Crippen LogP contribution in [0.25, 0.3) is 0 Å². The SMILES string of the molecule is C[C@H](NCC(=O)Nc1ccc2c(c1)OC1(CCCCC1)O2)c1ccc(F)c(F)c1. The van der Waals surface area contributed by atoms with Crippen molar-refractivity contribution in [1.82, 2.24) is 5.32 Å². The number of hydrogen-bond acceptors (Lipinski definition) is 4. The van der Waals surface area contributed by atoms with Crippen molar-refractivity contribution in [2.24, 2.45) is 0 Å². The van der Waals surface area contributed by atoms with Gasteiger partial charge in [0.15, 0.2) is 23.1 Å². The predicted molar refractivity (Wildman–Crippen MR) is 105 cm³/mol. The van der Waals surface area contributed by atoms with Crippen molar-refractivity contribution in [2.45, 2.75) is 50.9 Å². The fourth-order valence-electron chi connectivity index (χ4n) is 3.82. The van der Waals surface area contributed by atoms with Crippen LogP contribution in [0.15, 0.2) is 36.4 Å². The van der Waals surface area contributed by atoms with Crippen molar-refractivity contribution in [3.63, 3.8) is 0 Å². The molecule has 1 heterocycles. The average molecular weight is 402 g/mol. The minimum Gasteiger partial charge on any atom is -0.448 e. The molecule has 1 aliphatic carbocycles. The van der Waals surface area contributed by atoms with E-state index < -0.39 is 17.4 Å². The van der Waals surface area contributed by atoms with Crippen molar-refractivity contribution in [1.29, 1.82) is 0 Å². The minimum absolute atomic E-state index is 0.0263. The topological polar surface area (TPSA) is 59.6 Å². The quantitative estimate of drug-likeness (QED) is 0.762. The molecule has 1 saturated carbocycles. The molecule has 29 heavy (non-hydrogen) atoms. The van der Waals surface area contributed by atoms with Crippen LogP contribution in [0.1, 0.15) is 50.6 Å². The summed E-state index contributed by atoms with van der Waals surface area (Å²) in [6.45, 7) is 1.81. The van der Waals surface area contributed by atoms with Gasteiger partial charge < -0.3 is 20.1 Å². The molecule has 1 spiro atoms. The number of halogens is 2. The van der Waals surface area contributed by atoms with E-state index in [4.69, 9.17) is 9.47 Å². The molecule has 1 amide bonds. The molecule has 154 valence electrons. The van der Waals surface area contributed by atoms with Crippen molar-refractivity contribution in [3.05, 3.63) is 53.6 Å². The minimum atomic E-state index is -0.906. The van der Waals surface area contributed by atoms with Crippen molar-refractivity contribution >= 4 is 11.6 Å². The lowest BCUT2D eigenvalue weighted by atomic mass is 9.94. The molecule has 1 atom stereocenters. The zero-order valence-electron chi connectivity index (χ0n) is 16.3. The average Bonchev–Trinajstić information content (AvgIpc) is 3.05. The molecule has 0 radical (unpaired) electrons. The van der Waals surface area contributed by atoms with Gasteiger partial charge in [-0.15, -0.1) is 0 Å². The normalized spacial score (nSPS) is 17.9. The summed E-state index contributed by atoms with van der Waals surface area (Å²) in [6.07, 6.45) is 5.10. The van der Waals surface area contributed by atoms with Crippen LogP contribution in [0.5, 0.6) is 11.5 Å². The molecule has 0 saturated heterocycles. The third kappa shape index (κ3) is 4.34. The Morgan fingerprint density at radius 2 is 1.79 bits per heavy atom. The van der Waals surface area contributed by atoms with Gasteiger partial charge in [-0.25, -0.2) is 8.78 Å². The molecule has 2 aromatic rings. The number of carbonyl (C=O) groups excluding carboxylic acids is 1. The number of nitrogens with one attached hydrogen (secondary N) is 2. The van der Waals surface area contributed by atoms with Crippen LogP contribution in [0.3, 0.4) is 0 Å². The Labute approximate surface area is 168 Å². The Kier molecular flexibility index (Phi) is 5.41. The summed E-state index contributed by atoms with van der Waals surface area (Å²) in [5.74, 6) is -1.24. The van der Waals surface area contributed by atoms with Crippen LogP contribution in [-0.2, 0) is 4.79 Å². The summed E-state index contributed by atoms with van der Waals surface area (Å²) >= 11 is 0. The van der Waals surface area contributed by atoms with Gasteiger partial charge in [-0.1, -0.05) is 12.5 Å². The lowest BCUT2D eigenvalue weighted by molar-refractivity contribution is -0.115. The summed E-state index contributed by atoms with van der Waals surface area (Å²) in [5, 5.41) is 5.83. The van der Waals surface area contributed by atoms with Crippen LogP contribution < -0.4 is 20.1 Å². The van der Waals surface area contributed by atoms with Gasteiger partial charge in [0.05, 0.1) is 6.54 Å². The molecule has 5 nitrogen and oxygen atoms in total. The first-order valence-corrected chi connectivity index (χ1v) is 9.94. The highest BCUT2D eigenvalue weighted by Gasteiger charge is 2.42. The van der Waals surface area contributed by atoms with Crippen molar-refractivity contribution < 1.29 is 23.0 Å². The number of ether oxygens (including phenoxy) is 2. The molecule has 4 rings (SSSR count). The molecule has 1 fully saturated rings. The first-order valence-electron chi connectivity index (χ1n) is 9.94. The largest absolute Gasteiger partial charge is 0.448 e. The van der Waals surface area contributed by atoms with Gasteiger partial charge in [0.25, 0.3) is 5.79 Å². The Bertz CT molecular complexity index is 913. The molecule has 7 heteroatoms. The van der Waals surface area contributed by atoms with Gasteiger partial charge >= 0.3 is 0 Å². The van der Waals surface area contributed by atoms with E-state index in [0.717, 1.165) is 37.8 Å². The Morgan fingerprint density at radius 1 is 1.03 bits per heavy atom. The summed E-state index contributed by atoms with van der Waals surface area (Å²) in [7, 11) is 0. The van der Waals surface area contributed by atoms with E-state index in [1.807, 2.05) is 6.07 Å². The number of fused-ring (bicyclic) bond motifs is 1. The van der Waals surface area contributed by atoms with Gasteiger partial charge in [0.1, 0.15) is 0 Å². The van der Waals surface area contributed by atoms with E-state index in [0.29, 0.717) is 22.7 Å². The smallest absolute Gasteiger partial charge is 0.251 e. The third-order valence-electron chi connectivity index (χ3n) is 5.45. The Morgan fingerprint density at radius 3 is 2.55 bits per heavy atom. The number of carbonyl (C=O) groups is 1.